The minimum absolute atomic E-state index is 0.119. The molecule has 1 aromatic rings. The van der Waals surface area contributed by atoms with Gasteiger partial charge in [0.1, 0.15) is 5.82 Å². The first-order valence-electron chi connectivity index (χ1n) is 2.98. The molecule has 11 heavy (non-hydrogen) atoms. The molecule has 0 atom stereocenters. The molecule has 0 radical (unpaired) electrons. The van der Waals surface area contributed by atoms with Crippen molar-refractivity contribution in [1.82, 2.24) is 0 Å². The van der Waals surface area contributed by atoms with Crippen molar-refractivity contribution in [3.8, 4) is 0 Å². The first kappa shape index (κ1) is 7.94. The summed E-state index contributed by atoms with van der Waals surface area (Å²) in [6.45, 7) is 0. The lowest BCUT2D eigenvalue weighted by atomic mass is 10.3. The first-order valence-corrected chi connectivity index (χ1v) is 2.98. The van der Waals surface area contributed by atoms with E-state index in [0.717, 1.165) is 12.1 Å². The van der Waals surface area contributed by atoms with Crippen molar-refractivity contribution in [3.05, 3.63) is 29.8 Å². The Morgan fingerprint density at radius 2 is 2.09 bits per heavy atom. The van der Waals surface area contributed by atoms with Gasteiger partial charge in [0.2, 0.25) is 0 Å². The Morgan fingerprint density at radius 1 is 1.36 bits per heavy atom. The van der Waals surface area contributed by atoms with E-state index in [9.17, 15) is 8.78 Å². The van der Waals surface area contributed by atoms with Gasteiger partial charge in [-0.25, -0.2) is 8.78 Å². The van der Waals surface area contributed by atoms with E-state index in [4.69, 9.17) is 0 Å². The van der Waals surface area contributed by atoms with Crippen molar-refractivity contribution in [3.63, 3.8) is 0 Å². The molecule has 1 aromatic carbocycles. The number of benzene rings is 1. The zero-order valence-electron chi connectivity index (χ0n) is 5.90. The molecular weight excluding hydrogens is 152 g/mol. The number of nitrogens with one attached hydrogen (secondary N) is 1. The molecule has 0 amide bonds. The van der Waals surface area contributed by atoms with E-state index in [1.165, 1.54) is 13.2 Å². The molecule has 2 nitrogen and oxygen atoms in total. The summed E-state index contributed by atoms with van der Waals surface area (Å²) < 4.78 is 24.9. The van der Waals surface area contributed by atoms with E-state index in [-0.39, 0.29) is 5.69 Å². The van der Waals surface area contributed by atoms with Gasteiger partial charge in [-0.05, 0) is 12.1 Å². The van der Waals surface area contributed by atoms with Gasteiger partial charge in [0.05, 0.1) is 12.8 Å². The molecule has 0 unspecified atom stereocenters. The molecule has 0 saturated carbocycles. The minimum atomic E-state index is -0.674. The molecule has 0 aromatic heterocycles. The average Bonchev–Trinajstić information content (AvgIpc) is 1.95. The van der Waals surface area contributed by atoms with Gasteiger partial charge < -0.3 is 0 Å². The lowest BCUT2D eigenvalue weighted by Crippen LogP contribution is -1.98. The summed E-state index contributed by atoms with van der Waals surface area (Å²) in [5.74, 6) is -1.28. The third-order valence-electron chi connectivity index (χ3n) is 1.14. The van der Waals surface area contributed by atoms with Gasteiger partial charge in [-0.1, -0.05) is 0 Å². The van der Waals surface area contributed by atoms with Crippen LogP contribution in [0.25, 0.3) is 0 Å². The zero-order chi connectivity index (χ0) is 8.27. The Morgan fingerprint density at radius 3 is 2.64 bits per heavy atom. The zero-order valence-corrected chi connectivity index (χ0v) is 5.90. The molecule has 0 bridgehead atoms. The third-order valence-corrected chi connectivity index (χ3v) is 1.14. The molecule has 0 fully saturated rings. The third kappa shape index (κ3) is 1.88. The number of hydrogen-bond acceptors (Lipinski definition) is 2. The number of anilines is 1. The second-order valence-corrected chi connectivity index (χ2v) is 1.93. The molecule has 0 aliphatic rings. The van der Waals surface area contributed by atoms with E-state index >= 15 is 0 Å². The Hall–Kier alpha value is -1.16. The van der Waals surface area contributed by atoms with Crippen molar-refractivity contribution in [1.29, 1.82) is 0 Å². The molecule has 4 heteroatoms. The predicted molar refractivity (Wildman–Crippen MR) is 37.0 cm³/mol. The van der Waals surface area contributed by atoms with Crippen molar-refractivity contribution in [2.75, 3.05) is 12.6 Å². The van der Waals surface area contributed by atoms with Crippen LogP contribution in [0.15, 0.2) is 18.2 Å². The topological polar surface area (TPSA) is 21.3 Å². The summed E-state index contributed by atoms with van der Waals surface area (Å²) in [5, 5.41) is 0. The Balaban J connectivity index is 2.90. The van der Waals surface area contributed by atoms with Crippen LogP contribution in [0.5, 0.6) is 0 Å². The SMILES string of the molecule is CONc1ccc(F)cc1F. The summed E-state index contributed by atoms with van der Waals surface area (Å²) in [6.07, 6.45) is 0. The van der Waals surface area contributed by atoms with E-state index in [1.54, 1.807) is 0 Å². The van der Waals surface area contributed by atoms with Gasteiger partial charge >= 0.3 is 0 Å². The molecule has 60 valence electrons. The van der Waals surface area contributed by atoms with Crippen molar-refractivity contribution in [2.45, 2.75) is 0 Å². The van der Waals surface area contributed by atoms with Crippen molar-refractivity contribution in [2.24, 2.45) is 0 Å². The largest absolute Gasteiger partial charge is 0.279 e. The van der Waals surface area contributed by atoms with Gasteiger partial charge in [0.15, 0.2) is 5.82 Å². The van der Waals surface area contributed by atoms with Gasteiger partial charge in [0, 0.05) is 6.07 Å². The van der Waals surface area contributed by atoms with E-state index in [2.05, 4.69) is 10.3 Å². The van der Waals surface area contributed by atoms with Crippen LogP contribution in [0.1, 0.15) is 0 Å². The number of halogens is 2. The highest BCUT2D eigenvalue weighted by molar-refractivity contribution is 5.42. The molecular formula is C7H7F2NO. The maximum absolute atomic E-state index is 12.7. The Bertz CT molecular complexity index is 252. The summed E-state index contributed by atoms with van der Waals surface area (Å²) in [4.78, 5) is 4.44. The summed E-state index contributed by atoms with van der Waals surface area (Å²) in [6, 6.07) is 3.18. The van der Waals surface area contributed by atoms with E-state index in [0.29, 0.717) is 0 Å². The molecule has 0 aliphatic carbocycles. The molecule has 0 spiro atoms. The standard InChI is InChI=1S/C7H7F2NO/c1-11-10-7-3-2-5(8)4-6(7)9/h2-4,10H,1H3. The van der Waals surface area contributed by atoms with Crippen LogP contribution in [0, 0.1) is 11.6 Å². The monoisotopic (exact) mass is 159 g/mol. The summed E-state index contributed by atoms with van der Waals surface area (Å²) in [7, 11) is 1.35. The maximum Gasteiger partial charge on any atom is 0.151 e. The number of hydrogen-bond donors (Lipinski definition) is 1. The fourth-order valence-electron chi connectivity index (χ4n) is 0.682. The van der Waals surface area contributed by atoms with Crippen LogP contribution >= 0.6 is 0 Å². The number of rotatable bonds is 2. The quantitative estimate of drug-likeness (QED) is 0.666. The lowest BCUT2D eigenvalue weighted by molar-refractivity contribution is 0.268. The van der Waals surface area contributed by atoms with Crippen LogP contribution in [0.4, 0.5) is 14.5 Å². The lowest BCUT2D eigenvalue weighted by Gasteiger charge is -2.02. The highest BCUT2D eigenvalue weighted by Gasteiger charge is 2.01. The van der Waals surface area contributed by atoms with Gasteiger partial charge in [0.25, 0.3) is 0 Å². The van der Waals surface area contributed by atoms with Crippen LogP contribution in [-0.2, 0) is 4.84 Å². The minimum Gasteiger partial charge on any atom is -0.279 e. The Kier molecular flexibility index (Phi) is 2.38. The highest BCUT2D eigenvalue weighted by atomic mass is 19.1. The Labute approximate surface area is 62.7 Å². The van der Waals surface area contributed by atoms with Crippen LogP contribution in [0.2, 0.25) is 0 Å². The van der Waals surface area contributed by atoms with E-state index in [1.807, 2.05) is 0 Å². The second-order valence-electron chi connectivity index (χ2n) is 1.93. The average molecular weight is 159 g/mol. The highest BCUT2D eigenvalue weighted by Crippen LogP contribution is 2.14. The molecule has 1 rings (SSSR count). The van der Waals surface area contributed by atoms with E-state index < -0.39 is 11.6 Å². The van der Waals surface area contributed by atoms with Gasteiger partial charge in [-0.3, -0.25) is 10.3 Å². The molecule has 0 aliphatic heterocycles. The maximum atomic E-state index is 12.7. The van der Waals surface area contributed by atoms with Crippen molar-refractivity contribution < 1.29 is 13.6 Å². The van der Waals surface area contributed by atoms with Gasteiger partial charge in [-0.15, -0.1) is 0 Å². The van der Waals surface area contributed by atoms with Gasteiger partial charge in [-0.2, -0.15) is 0 Å². The smallest absolute Gasteiger partial charge is 0.151 e. The van der Waals surface area contributed by atoms with Crippen LogP contribution in [-0.4, -0.2) is 7.11 Å². The van der Waals surface area contributed by atoms with Crippen molar-refractivity contribution >= 4 is 5.69 Å². The van der Waals surface area contributed by atoms with Crippen LogP contribution in [0.3, 0.4) is 0 Å². The fraction of sp³-hybridized carbons (Fsp3) is 0.143. The first-order chi connectivity index (χ1) is 5.24. The molecule has 0 heterocycles. The normalized spacial score (nSPS) is 9.73. The second kappa shape index (κ2) is 3.30. The predicted octanol–water partition coefficient (Wildman–Crippen LogP) is 1.94. The summed E-state index contributed by atoms with van der Waals surface area (Å²) in [5.41, 5.74) is 2.38. The fourth-order valence-corrected chi connectivity index (χ4v) is 0.682. The van der Waals surface area contributed by atoms with Crippen LogP contribution < -0.4 is 5.48 Å². The molecule has 0 saturated heterocycles. The summed E-state index contributed by atoms with van der Waals surface area (Å²) >= 11 is 0. The molecule has 1 N–H and O–H groups in total.